The number of benzene rings is 1. The normalized spacial score (nSPS) is 19.7. The van der Waals surface area contributed by atoms with E-state index in [9.17, 15) is 0 Å². The van der Waals surface area contributed by atoms with Gasteiger partial charge in [-0.25, -0.2) is 0 Å². The third kappa shape index (κ3) is 3.39. The fourth-order valence-electron chi connectivity index (χ4n) is 3.27. The lowest BCUT2D eigenvalue weighted by Gasteiger charge is -2.33. The van der Waals surface area contributed by atoms with Crippen molar-refractivity contribution in [2.75, 3.05) is 37.6 Å². The molecule has 0 bridgehead atoms. The number of hydrogen-bond acceptors (Lipinski definition) is 5. The van der Waals surface area contributed by atoms with Gasteiger partial charge in [0.15, 0.2) is 0 Å². The fourth-order valence-corrected chi connectivity index (χ4v) is 3.27. The zero-order chi connectivity index (χ0) is 15.5. The van der Waals surface area contributed by atoms with Gasteiger partial charge in [0.2, 0.25) is 5.89 Å². The van der Waals surface area contributed by atoms with Crippen molar-refractivity contribution in [3.8, 4) is 0 Å². The minimum atomic E-state index is 0.517. The van der Waals surface area contributed by atoms with Crippen LogP contribution in [0.15, 0.2) is 34.7 Å². The van der Waals surface area contributed by atoms with Crippen molar-refractivity contribution < 1.29 is 4.42 Å². The molecule has 1 aromatic heterocycles. The van der Waals surface area contributed by atoms with E-state index in [1.807, 2.05) is 0 Å². The predicted molar refractivity (Wildman–Crippen MR) is 89.7 cm³/mol. The van der Waals surface area contributed by atoms with Gasteiger partial charge in [0.05, 0.1) is 0 Å². The van der Waals surface area contributed by atoms with Gasteiger partial charge < -0.3 is 9.32 Å². The maximum absolute atomic E-state index is 5.88. The van der Waals surface area contributed by atoms with E-state index < -0.39 is 0 Å². The summed E-state index contributed by atoms with van der Waals surface area (Å²) in [6.45, 7) is 5.19. The van der Waals surface area contributed by atoms with Gasteiger partial charge in [0.25, 0.3) is 0 Å². The second-order valence-corrected chi connectivity index (χ2v) is 6.61. The molecule has 0 radical (unpaired) electrons. The molecule has 122 valence electrons. The van der Waals surface area contributed by atoms with E-state index in [0.717, 1.165) is 51.0 Å². The summed E-state index contributed by atoms with van der Waals surface area (Å²) in [4.78, 5) is 4.75. The van der Waals surface area contributed by atoms with E-state index in [1.165, 1.54) is 24.8 Å². The second kappa shape index (κ2) is 6.71. The van der Waals surface area contributed by atoms with Crippen molar-refractivity contribution in [3.05, 3.63) is 41.8 Å². The van der Waals surface area contributed by atoms with Crippen LogP contribution in [0.4, 0.5) is 6.01 Å². The van der Waals surface area contributed by atoms with Crippen LogP contribution in [0.2, 0.25) is 0 Å². The molecule has 1 aliphatic carbocycles. The Hall–Kier alpha value is -1.88. The van der Waals surface area contributed by atoms with E-state index in [1.54, 1.807) is 0 Å². The molecule has 0 N–H and O–H groups in total. The van der Waals surface area contributed by atoms with Gasteiger partial charge in [-0.1, -0.05) is 41.9 Å². The van der Waals surface area contributed by atoms with E-state index in [4.69, 9.17) is 4.42 Å². The van der Waals surface area contributed by atoms with Gasteiger partial charge in [-0.05, 0) is 24.8 Å². The topological polar surface area (TPSA) is 45.4 Å². The first-order valence-corrected chi connectivity index (χ1v) is 8.73. The summed E-state index contributed by atoms with van der Waals surface area (Å²) < 4.78 is 5.88. The summed E-state index contributed by atoms with van der Waals surface area (Å²) in [6.07, 6.45) is 4.82. The minimum Gasteiger partial charge on any atom is -0.408 e. The van der Waals surface area contributed by atoms with Crippen LogP contribution in [0.1, 0.15) is 36.6 Å². The molecule has 2 fully saturated rings. The summed E-state index contributed by atoms with van der Waals surface area (Å²) in [6, 6.07) is 11.4. The first kappa shape index (κ1) is 14.7. The summed E-state index contributed by atoms with van der Waals surface area (Å²) in [5, 5.41) is 8.49. The summed E-state index contributed by atoms with van der Waals surface area (Å²) in [5.41, 5.74) is 1.41. The Morgan fingerprint density at radius 2 is 1.78 bits per heavy atom. The van der Waals surface area contributed by atoms with Crippen LogP contribution in [0.25, 0.3) is 0 Å². The Labute approximate surface area is 137 Å². The van der Waals surface area contributed by atoms with E-state index in [2.05, 4.69) is 50.3 Å². The molecule has 0 unspecified atom stereocenters. The smallest absolute Gasteiger partial charge is 0.318 e. The number of hydrogen-bond donors (Lipinski definition) is 0. The highest BCUT2D eigenvalue weighted by Crippen LogP contribution is 2.36. The molecule has 1 saturated carbocycles. The SMILES string of the molecule is c1ccc(CCN2CCN(c3nnc(C4CCC4)o3)CC2)cc1. The molecule has 5 nitrogen and oxygen atoms in total. The predicted octanol–water partition coefficient (Wildman–Crippen LogP) is 2.70. The highest BCUT2D eigenvalue weighted by Gasteiger charge is 2.27. The lowest BCUT2D eigenvalue weighted by molar-refractivity contribution is 0.253. The van der Waals surface area contributed by atoms with Gasteiger partial charge in [-0.15, -0.1) is 5.10 Å². The molecule has 2 heterocycles. The molecule has 2 aromatic rings. The van der Waals surface area contributed by atoms with Crippen LogP contribution in [0.5, 0.6) is 0 Å². The maximum Gasteiger partial charge on any atom is 0.318 e. The number of aromatic nitrogens is 2. The van der Waals surface area contributed by atoms with Crippen molar-refractivity contribution in [1.82, 2.24) is 15.1 Å². The summed E-state index contributed by atoms with van der Waals surface area (Å²) >= 11 is 0. The molecular formula is C18H24N4O. The molecule has 0 spiro atoms. The molecule has 5 heteroatoms. The van der Waals surface area contributed by atoms with E-state index in [0.29, 0.717) is 5.92 Å². The number of anilines is 1. The van der Waals surface area contributed by atoms with Crippen LogP contribution >= 0.6 is 0 Å². The van der Waals surface area contributed by atoms with Gasteiger partial charge >= 0.3 is 6.01 Å². The zero-order valence-electron chi connectivity index (χ0n) is 13.5. The first-order chi connectivity index (χ1) is 11.4. The highest BCUT2D eigenvalue weighted by atomic mass is 16.4. The van der Waals surface area contributed by atoms with Crippen molar-refractivity contribution in [2.45, 2.75) is 31.6 Å². The van der Waals surface area contributed by atoms with E-state index >= 15 is 0 Å². The molecule has 0 atom stereocenters. The Bertz CT molecular complexity index is 615. The highest BCUT2D eigenvalue weighted by molar-refractivity contribution is 5.26. The second-order valence-electron chi connectivity index (χ2n) is 6.61. The lowest BCUT2D eigenvalue weighted by Crippen LogP contribution is -2.47. The average molecular weight is 312 g/mol. The molecule has 1 aliphatic heterocycles. The molecule has 1 aromatic carbocycles. The van der Waals surface area contributed by atoms with Gasteiger partial charge in [0, 0.05) is 38.6 Å². The molecule has 23 heavy (non-hydrogen) atoms. The molecule has 4 rings (SSSR count). The Morgan fingerprint density at radius 1 is 1.00 bits per heavy atom. The van der Waals surface area contributed by atoms with Gasteiger partial charge in [-0.2, -0.15) is 0 Å². The molecular weight excluding hydrogens is 288 g/mol. The number of rotatable bonds is 5. The Balaban J connectivity index is 1.26. The molecule has 0 amide bonds. The monoisotopic (exact) mass is 312 g/mol. The van der Waals surface area contributed by atoms with Crippen molar-refractivity contribution >= 4 is 6.01 Å². The summed E-state index contributed by atoms with van der Waals surface area (Å²) in [7, 11) is 0. The number of piperazine rings is 1. The van der Waals surface area contributed by atoms with Crippen LogP contribution in [0, 0.1) is 0 Å². The third-order valence-corrected chi connectivity index (χ3v) is 5.09. The number of nitrogens with zero attached hydrogens (tertiary/aromatic N) is 4. The standard InChI is InChI=1S/C18H24N4O/c1-2-5-15(6-3-1)9-10-21-11-13-22(14-12-21)18-20-19-17(23-18)16-7-4-8-16/h1-3,5-6,16H,4,7-14H2. The third-order valence-electron chi connectivity index (χ3n) is 5.09. The zero-order valence-corrected chi connectivity index (χ0v) is 13.5. The van der Waals surface area contributed by atoms with Gasteiger partial charge in [0.1, 0.15) is 0 Å². The maximum atomic E-state index is 5.88. The Kier molecular flexibility index (Phi) is 4.28. The van der Waals surface area contributed by atoms with Crippen LogP contribution in [-0.4, -0.2) is 47.8 Å². The minimum absolute atomic E-state index is 0.517. The Morgan fingerprint density at radius 3 is 2.48 bits per heavy atom. The van der Waals surface area contributed by atoms with Crippen molar-refractivity contribution in [3.63, 3.8) is 0 Å². The molecule has 1 saturated heterocycles. The molecule has 2 aliphatic rings. The van der Waals surface area contributed by atoms with Crippen LogP contribution in [-0.2, 0) is 6.42 Å². The van der Waals surface area contributed by atoms with Gasteiger partial charge in [-0.3, -0.25) is 4.90 Å². The fraction of sp³-hybridized carbons (Fsp3) is 0.556. The average Bonchev–Trinajstić information content (AvgIpc) is 3.02. The first-order valence-electron chi connectivity index (χ1n) is 8.73. The quantitative estimate of drug-likeness (QED) is 0.849. The summed E-state index contributed by atoms with van der Waals surface area (Å²) in [5.74, 6) is 1.36. The largest absolute Gasteiger partial charge is 0.408 e. The van der Waals surface area contributed by atoms with Crippen LogP contribution < -0.4 is 4.90 Å². The van der Waals surface area contributed by atoms with E-state index in [-0.39, 0.29) is 0 Å². The van der Waals surface area contributed by atoms with Crippen molar-refractivity contribution in [2.24, 2.45) is 0 Å². The van der Waals surface area contributed by atoms with Crippen LogP contribution in [0.3, 0.4) is 0 Å². The van der Waals surface area contributed by atoms with Crippen molar-refractivity contribution in [1.29, 1.82) is 0 Å². The lowest BCUT2D eigenvalue weighted by atomic mass is 9.85.